The van der Waals surface area contributed by atoms with Crippen LogP contribution < -0.4 is 15.8 Å². The van der Waals surface area contributed by atoms with Crippen molar-refractivity contribution in [2.45, 2.75) is 26.2 Å². The number of nitrogens with zero attached hydrogens (tertiary/aromatic N) is 3. The molecule has 0 spiro atoms. The lowest BCUT2D eigenvalue weighted by molar-refractivity contribution is 0.232. The van der Waals surface area contributed by atoms with Crippen LogP contribution >= 0.6 is 0 Å². The summed E-state index contributed by atoms with van der Waals surface area (Å²) in [5, 5.41) is 3.19. The fourth-order valence-electron chi connectivity index (χ4n) is 2.15. The third-order valence-electron chi connectivity index (χ3n) is 3.13. The van der Waals surface area contributed by atoms with Gasteiger partial charge in [0.05, 0.1) is 0 Å². The van der Waals surface area contributed by atoms with Crippen LogP contribution in [-0.2, 0) is 0 Å². The molecule has 1 fully saturated rings. The number of rotatable bonds is 7. The van der Waals surface area contributed by atoms with E-state index in [0.717, 1.165) is 25.3 Å². The molecule has 0 bridgehead atoms. The second-order valence-corrected chi connectivity index (χ2v) is 4.77. The number of likely N-dealkylation sites (tertiary alicyclic amines) is 1. The van der Waals surface area contributed by atoms with Crippen LogP contribution in [0.15, 0.2) is 6.07 Å². The normalized spacial score (nSPS) is 15.6. The number of hydrogen-bond donors (Lipinski definition) is 2. The smallest absolute Gasteiger partial charge is 0.225 e. The Hall–Kier alpha value is -1.56. The van der Waals surface area contributed by atoms with Gasteiger partial charge in [-0.15, -0.1) is 0 Å². The Kier molecular flexibility index (Phi) is 5.20. The molecule has 3 N–H and O–H groups in total. The largest absolute Gasteiger partial charge is 0.476 e. The fraction of sp³-hybridized carbons (Fsp3) is 0.692. The highest BCUT2D eigenvalue weighted by Crippen LogP contribution is 2.15. The Balaban J connectivity index is 1.82. The Bertz CT molecular complexity index is 393. The molecule has 0 saturated carbocycles. The van der Waals surface area contributed by atoms with Crippen LogP contribution in [0.3, 0.4) is 0 Å². The quantitative estimate of drug-likeness (QED) is 0.775. The number of nitrogen functional groups attached to an aromatic ring is 1. The number of aromatic nitrogens is 2. The number of nitrogens with one attached hydrogen (secondary N) is 1. The van der Waals surface area contributed by atoms with Crippen LogP contribution in [0, 0.1) is 0 Å². The van der Waals surface area contributed by atoms with E-state index in [0.29, 0.717) is 12.5 Å². The molecule has 6 heteroatoms. The van der Waals surface area contributed by atoms with Gasteiger partial charge >= 0.3 is 0 Å². The monoisotopic (exact) mass is 265 g/mol. The third-order valence-corrected chi connectivity index (χ3v) is 3.13. The third kappa shape index (κ3) is 4.55. The average molecular weight is 265 g/mol. The average Bonchev–Trinajstić information content (AvgIpc) is 2.89. The molecule has 1 aromatic rings. The Morgan fingerprint density at radius 2 is 2.16 bits per heavy atom. The molecule has 0 radical (unpaired) electrons. The first-order valence-corrected chi connectivity index (χ1v) is 7.01. The van der Waals surface area contributed by atoms with Gasteiger partial charge in [-0.1, -0.05) is 6.92 Å². The highest BCUT2D eigenvalue weighted by Gasteiger charge is 2.11. The zero-order valence-electron chi connectivity index (χ0n) is 11.6. The minimum atomic E-state index is 0.247. The van der Waals surface area contributed by atoms with Crippen molar-refractivity contribution in [2.75, 3.05) is 43.8 Å². The summed E-state index contributed by atoms with van der Waals surface area (Å²) in [7, 11) is 0. The van der Waals surface area contributed by atoms with Crippen LogP contribution in [0.4, 0.5) is 11.8 Å². The summed E-state index contributed by atoms with van der Waals surface area (Å²) in [6.07, 6.45) is 3.63. The predicted molar refractivity (Wildman–Crippen MR) is 76.4 cm³/mol. The lowest BCUT2D eigenvalue weighted by Crippen LogP contribution is -2.25. The van der Waals surface area contributed by atoms with Gasteiger partial charge in [-0.25, -0.2) is 0 Å². The van der Waals surface area contributed by atoms with Crippen molar-refractivity contribution in [1.29, 1.82) is 0 Å². The molecule has 2 rings (SSSR count). The maximum absolute atomic E-state index is 5.67. The lowest BCUT2D eigenvalue weighted by atomic mass is 10.4. The van der Waals surface area contributed by atoms with E-state index in [9.17, 15) is 0 Å². The molecule has 106 valence electrons. The van der Waals surface area contributed by atoms with Gasteiger partial charge in [-0.3, -0.25) is 4.90 Å². The van der Waals surface area contributed by atoms with E-state index in [4.69, 9.17) is 10.5 Å². The highest BCUT2D eigenvalue weighted by atomic mass is 16.5. The second-order valence-electron chi connectivity index (χ2n) is 4.77. The molecule has 2 heterocycles. The van der Waals surface area contributed by atoms with Crippen molar-refractivity contribution in [3.63, 3.8) is 0 Å². The van der Waals surface area contributed by atoms with Gasteiger partial charge in [0, 0.05) is 19.2 Å². The summed E-state index contributed by atoms with van der Waals surface area (Å²) in [5.41, 5.74) is 5.67. The topological polar surface area (TPSA) is 76.3 Å². The van der Waals surface area contributed by atoms with Crippen LogP contribution in [0.25, 0.3) is 0 Å². The zero-order valence-corrected chi connectivity index (χ0v) is 11.6. The van der Waals surface area contributed by atoms with Crippen molar-refractivity contribution in [2.24, 2.45) is 0 Å². The first-order chi connectivity index (χ1) is 9.28. The van der Waals surface area contributed by atoms with Gasteiger partial charge in [0.25, 0.3) is 0 Å². The first kappa shape index (κ1) is 13.9. The van der Waals surface area contributed by atoms with Crippen molar-refractivity contribution >= 4 is 11.8 Å². The Morgan fingerprint density at radius 1 is 1.37 bits per heavy atom. The van der Waals surface area contributed by atoms with Gasteiger partial charge in [0.1, 0.15) is 12.4 Å². The number of anilines is 2. The molecular formula is C13H23N5O. The molecule has 0 amide bonds. The number of hydrogen-bond acceptors (Lipinski definition) is 6. The van der Waals surface area contributed by atoms with Crippen molar-refractivity contribution in [3.05, 3.63) is 6.07 Å². The molecule has 0 atom stereocenters. The van der Waals surface area contributed by atoms with Gasteiger partial charge in [-0.2, -0.15) is 9.97 Å². The van der Waals surface area contributed by atoms with Crippen molar-refractivity contribution < 1.29 is 4.74 Å². The molecule has 6 nitrogen and oxygen atoms in total. The minimum absolute atomic E-state index is 0.247. The second kappa shape index (κ2) is 7.13. The molecule has 0 aromatic carbocycles. The summed E-state index contributed by atoms with van der Waals surface area (Å²) in [4.78, 5) is 10.6. The highest BCUT2D eigenvalue weighted by molar-refractivity contribution is 5.42. The fourth-order valence-corrected chi connectivity index (χ4v) is 2.15. The van der Waals surface area contributed by atoms with E-state index in [1.807, 2.05) is 0 Å². The lowest BCUT2D eigenvalue weighted by Gasteiger charge is -2.15. The Morgan fingerprint density at radius 3 is 2.89 bits per heavy atom. The SMILES string of the molecule is CCCNc1cc(OCCN2CCCC2)nc(N)n1. The van der Waals surface area contributed by atoms with Gasteiger partial charge < -0.3 is 15.8 Å². The van der Waals surface area contributed by atoms with E-state index < -0.39 is 0 Å². The van der Waals surface area contributed by atoms with E-state index in [-0.39, 0.29) is 5.95 Å². The van der Waals surface area contributed by atoms with Crippen LogP contribution in [0.2, 0.25) is 0 Å². The van der Waals surface area contributed by atoms with Crippen molar-refractivity contribution in [3.8, 4) is 5.88 Å². The maximum Gasteiger partial charge on any atom is 0.225 e. The summed E-state index contributed by atoms with van der Waals surface area (Å²) < 4.78 is 5.66. The summed E-state index contributed by atoms with van der Waals surface area (Å²) in [6.45, 7) is 6.91. The zero-order chi connectivity index (χ0) is 13.5. The standard InChI is InChI=1S/C13H23N5O/c1-2-5-15-11-10-12(17-13(14)16-11)19-9-8-18-6-3-4-7-18/h10H,2-9H2,1H3,(H3,14,15,16,17). The molecule has 19 heavy (non-hydrogen) atoms. The molecular weight excluding hydrogens is 242 g/mol. The minimum Gasteiger partial charge on any atom is -0.476 e. The molecule has 1 saturated heterocycles. The Labute approximate surface area is 114 Å². The van der Waals surface area contributed by atoms with Gasteiger partial charge in [0.2, 0.25) is 11.8 Å². The maximum atomic E-state index is 5.67. The van der Waals surface area contributed by atoms with Crippen LogP contribution in [0.5, 0.6) is 5.88 Å². The molecule has 1 aliphatic rings. The summed E-state index contributed by atoms with van der Waals surface area (Å²) in [6, 6.07) is 1.80. The summed E-state index contributed by atoms with van der Waals surface area (Å²) in [5.74, 6) is 1.52. The number of nitrogens with two attached hydrogens (primary N) is 1. The first-order valence-electron chi connectivity index (χ1n) is 7.01. The molecule has 1 aromatic heterocycles. The van der Waals surface area contributed by atoms with Gasteiger partial charge in [0.15, 0.2) is 0 Å². The van der Waals surface area contributed by atoms with E-state index in [2.05, 4.69) is 27.1 Å². The van der Waals surface area contributed by atoms with E-state index >= 15 is 0 Å². The molecule has 1 aliphatic heterocycles. The molecule has 0 aliphatic carbocycles. The van der Waals surface area contributed by atoms with Crippen LogP contribution in [-0.4, -0.2) is 47.7 Å². The van der Waals surface area contributed by atoms with E-state index in [1.54, 1.807) is 6.07 Å². The van der Waals surface area contributed by atoms with Gasteiger partial charge in [-0.05, 0) is 32.4 Å². The van der Waals surface area contributed by atoms with Crippen LogP contribution in [0.1, 0.15) is 26.2 Å². The predicted octanol–water partition coefficient (Wildman–Crippen LogP) is 1.36. The number of ether oxygens (including phenoxy) is 1. The summed E-state index contributed by atoms with van der Waals surface area (Å²) >= 11 is 0. The molecule has 0 unspecified atom stereocenters. The van der Waals surface area contributed by atoms with E-state index in [1.165, 1.54) is 25.9 Å². The van der Waals surface area contributed by atoms with Crippen molar-refractivity contribution in [1.82, 2.24) is 14.9 Å².